The Labute approximate surface area is 78.8 Å². The highest BCUT2D eigenvalue weighted by molar-refractivity contribution is 4.55. The van der Waals surface area contributed by atoms with Crippen molar-refractivity contribution in [3.8, 4) is 0 Å². The number of unbranched alkanes of at least 4 members (excludes halogenated alkanes) is 6. The summed E-state index contributed by atoms with van der Waals surface area (Å²) in [5.74, 6) is 0.897. The van der Waals surface area contributed by atoms with Crippen LogP contribution < -0.4 is 0 Å². The maximum absolute atomic E-state index is 2.31. The van der Waals surface area contributed by atoms with Gasteiger partial charge < -0.3 is 0 Å². The number of rotatable bonds is 8. The molecular formula is C12H25. The maximum Gasteiger partial charge on any atom is -0.0417 e. The summed E-state index contributed by atoms with van der Waals surface area (Å²) in [6, 6.07) is 0. The van der Waals surface area contributed by atoms with E-state index in [9.17, 15) is 0 Å². The van der Waals surface area contributed by atoms with Crippen LogP contribution in [0.5, 0.6) is 0 Å². The molecular weight excluding hydrogens is 144 g/mol. The Morgan fingerprint density at radius 2 is 1.50 bits per heavy atom. The molecule has 12 heavy (non-hydrogen) atoms. The third-order valence-electron chi connectivity index (χ3n) is 2.27. The topological polar surface area (TPSA) is 0 Å². The average molecular weight is 169 g/mol. The lowest BCUT2D eigenvalue weighted by Crippen LogP contribution is -1.87. The standard InChI is InChI=1S/C12H25/c1-4-5-6-7-8-9-10-11-12(2)3/h4,12H,5-11H2,1-3H3. The van der Waals surface area contributed by atoms with Crippen LogP contribution >= 0.6 is 0 Å². The van der Waals surface area contributed by atoms with Gasteiger partial charge in [-0.05, 0) is 12.3 Å². The van der Waals surface area contributed by atoms with E-state index in [-0.39, 0.29) is 0 Å². The van der Waals surface area contributed by atoms with Gasteiger partial charge >= 0.3 is 0 Å². The quantitative estimate of drug-likeness (QED) is 0.466. The first-order chi connectivity index (χ1) is 5.77. The second kappa shape index (κ2) is 9.09. The zero-order chi connectivity index (χ0) is 9.23. The summed E-state index contributed by atoms with van der Waals surface area (Å²) in [6.45, 7) is 6.77. The zero-order valence-electron chi connectivity index (χ0n) is 9.10. The zero-order valence-corrected chi connectivity index (χ0v) is 9.10. The summed E-state index contributed by atoms with van der Waals surface area (Å²) >= 11 is 0. The first kappa shape index (κ1) is 12.0. The van der Waals surface area contributed by atoms with Crippen LogP contribution in [-0.4, -0.2) is 0 Å². The lowest BCUT2D eigenvalue weighted by atomic mass is 10.0. The molecule has 0 heteroatoms. The number of hydrogen-bond acceptors (Lipinski definition) is 0. The Morgan fingerprint density at radius 1 is 0.917 bits per heavy atom. The van der Waals surface area contributed by atoms with Gasteiger partial charge in [0.2, 0.25) is 0 Å². The van der Waals surface area contributed by atoms with Crippen molar-refractivity contribution in [3.05, 3.63) is 6.42 Å². The molecule has 0 saturated heterocycles. The SMILES string of the molecule is C[CH]CCCCCCCC(C)C. The minimum Gasteiger partial charge on any atom is -0.0628 e. The molecule has 0 bridgehead atoms. The van der Waals surface area contributed by atoms with E-state index in [4.69, 9.17) is 0 Å². The van der Waals surface area contributed by atoms with Crippen LogP contribution in [0.25, 0.3) is 0 Å². The third kappa shape index (κ3) is 10.0. The molecule has 0 aliphatic carbocycles. The van der Waals surface area contributed by atoms with E-state index in [0.29, 0.717) is 0 Å². The molecule has 0 fully saturated rings. The first-order valence-electron chi connectivity index (χ1n) is 5.55. The van der Waals surface area contributed by atoms with Crippen molar-refractivity contribution in [2.24, 2.45) is 5.92 Å². The van der Waals surface area contributed by atoms with Gasteiger partial charge in [-0.1, -0.05) is 65.7 Å². The number of hydrogen-bond donors (Lipinski definition) is 0. The summed E-state index contributed by atoms with van der Waals surface area (Å²) in [6.07, 6.45) is 12.2. The van der Waals surface area contributed by atoms with Gasteiger partial charge in [0.1, 0.15) is 0 Å². The van der Waals surface area contributed by atoms with E-state index < -0.39 is 0 Å². The third-order valence-corrected chi connectivity index (χ3v) is 2.27. The fourth-order valence-electron chi connectivity index (χ4n) is 1.43. The molecule has 1 radical (unpaired) electrons. The summed E-state index contributed by atoms with van der Waals surface area (Å²) in [5.41, 5.74) is 0. The lowest BCUT2D eigenvalue weighted by Gasteiger charge is -2.03. The molecule has 0 aliphatic heterocycles. The highest BCUT2D eigenvalue weighted by Gasteiger charge is 1.93. The molecule has 0 heterocycles. The predicted octanol–water partition coefficient (Wildman–Crippen LogP) is 4.60. The van der Waals surface area contributed by atoms with Gasteiger partial charge in [-0.15, -0.1) is 0 Å². The molecule has 0 rings (SSSR count). The maximum atomic E-state index is 2.31. The van der Waals surface area contributed by atoms with Crippen LogP contribution in [0, 0.1) is 12.3 Å². The van der Waals surface area contributed by atoms with E-state index in [1.54, 1.807) is 0 Å². The van der Waals surface area contributed by atoms with Gasteiger partial charge in [-0.25, -0.2) is 0 Å². The molecule has 0 aliphatic rings. The Kier molecular flexibility index (Phi) is 9.09. The van der Waals surface area contributed by atoms with Crippen LogP contribution in [0.15, 0.2) is 0 Å². The van der Waals surface area contributed by atoms with Crippen molar-refractivity contribution in [1.82, 2.24) is 0 Å². The van der Waals surface area contributed by atoms with Crippen molar-refractivity contribution in [3.63, 3.8) is 0 Å². The van der Waals surface area contributed by atoms with E-state index in [2.05, 4.69) is 27.2 Å². The Morgan fingerprint density at radius 3 is 2.08 bits per heavy atom. The molecule has 0 nitrogen and oxygen atoms in total. The van der Waals surface area contributed by atoms with Crippen molar-refractivity contribution in [2.75, 3.05) is 0 Å². The molecule has 0 unspecified atom stereocenters. The van der Waals surface area contributed by atoms with Crippen LogP contribution in [0.3, 0.4) is 0 Å². The average Bonchev–Trinajstić information content (AvgIpc) is 2.02. The smallest absolute Gasteiger partial charge is 0.0417 e. The fraction of sp³-hybridized carbons (Fsp3) is 0.917. The summed E-state index contributed by atoms with van der Waals surface area (Å²) in [4.78, 5) is 0. The van der Waals surface area contributed by atoms with Crippen LogP contribution in [-0.2, 0) is 0 Å². The molecule has 0 N–H and O–H groups in total. The second-order valence-electron chi connectivity index (χ2n) is 4.15. The van der Waals surface area contributed by atoms with Gasteiger partial charge in [0.15, 0.2) is 0 Å². The molecule has 0 aromatic carbocycles. The Balaban J connectivity index is 2.82. The van der Waals surface area contributed by atoms with Crippen LogP contribution in [0.1, 0.15) is 65.7 Å². The fourth-order valence-corrected chi connectivity index (χ4v) is 1.43. The molecule has 0 saturated carbocycles. The van der Waals surface area contributed by atoms with Gasteiger partial charge in [0, 0.05) is 0 Å². The van der Waals surface area contributed by atoms with Crippen molar-refractivity contribution in [2.45, 2.75) is 65.7 Å². The van der Waals surface area contributed by atoms with Gasteiger partial charge in [-0.2, -0.15) is 0 Å². The predicted molar refractivity (Wildman–Crippen MR) is 57.1 cm³/mol. The Bertz CT molecular complexity index is 74.1. The summed E-state index contributed by atoms with van der Waals surface area (Å²) in [7, 11) is 0. The molecule has 0 amide bonds. The summed E-state index contributed by atoms with van der Waals surface area (Å²) < 4.78 is 0. The van der Waals surface area contributed by atoms with Gasteiger partial charge in [0.25, 0.3) is 0 Å². The monoisotopic (exact) mass is 169 g/mol. The van der Waals surface area contributed by atoms with E-state index in [1.807, 2.05) is 0 Å². The minimum absolute atomic E-state index is 0.897. The highest BCUT2D eigenvalue weighted by atomic mass is 14.0. The van der Waals surface area contributed by atoms with E-state index >= 15 is 0 Å². The molecule has 0 aromatic heterocycles. The van der Waals surface area contributed by atoms with E-state index in [0.717, 1.165) is 5.92 Å². The van der Waals surface area contributed by atoms with Crippen LogP contribution in [0.2, 0.25) is 0 Å². The summed E-state index contributed by atoms with van der Waals surface area (Å²) in [5, 5.41) is 0. The van der Waals surface area contributed by atoms with Crippen molar-refractivity contribution < 1.29 is 0 Å². The minimum atomic E-state index is 0.897. The largest absolute Gasteiger partial charge is 0.0628 e. The van der Waals surface area contributed by atoms with Crippen molar-refractivity contribution in [1.29, 1.82) is 0 Å². The van der Waals surface area contributed by atoms with E-state index in [1.165, 1.54) is 44.9 Å². The second-order valence-corrected chi connectivity index (χ2v) is 4.15. The van der Waals surface area contributed by atoms with Crippen LogP contribution in [0.4, 0.5) is 0 Å². The van der Waals surface area contributed by atoms with Gasteiger partial charge in [-0.3, -0.25) is 0 Å². The first-order valence-corrected chi connectivity index (χ1v) is 5.55. The lowest BCUT2D eigenvalue weighted by molar-refractivity contribution is 0.515. The molecule has 0 aromatic rings. The highest BCUT2D eigenvalue weighted by Crippen LogP contribution is 2.11. The van der Waals surface area contributed by atoms with Crippen molar-refractivity contribution >= 4 is 0 Å². The molecule has 73 valence electrons. The Hall–Kier alpha value is 0. The molecule has 0 atom stereocenters. The van der Waals surface area contributed by atoms with Gasteiger partial charge in [0.05, 0.1) is 0 Å². The molecule has 0 spiro atoms. The normalized spacial score (nSPS) is 11.0.